The van der Waals surface area contributed by atoms with Gasteiger partial charge in [-0.05, 0) is 43.9 Å². The van der Waals surface area contributed by atoms with E-state index in [1.807, 2.05) is 12.1 Å². The number of rotatable bonds is 3. The molecule has 0 aromatic heterocycles. The van der Waals surface area contributed by atoms with Crippen LogP contribution in [-0.4, -0.2) is 18.9 Å². The van der Waals surface area contributed by atoms with Crippen LogP contribution in [0.1, 0.15) is 31.7 Å². The molecule has 1 aromatic carbocycles. The summed E-state index contributed by atoms with van der Waals surface area (Å²) < 4.78 is 0. The second-order valence-electron chi connectivity index (χ2n) is 4.39. The Hall–Kier alpha value is -1.31. The lowest BCUT2D eigenvalue weighted by atomic mass is 10.1. The molecule has 1 saturated heterocycles. The molecule has 1 aliphatic rings. The zero-order valence-corrected chi connectivity index (χ0v) is 9.78. The third-order valence-electron chi connectivity index (χ3n) is 2.98. The zero-order valence-electron chi connectivity index (χ0n) is 9.78. The quantitative estimate of drug-likeness (QED) is 0.774. The summed E-state index contributed by atoms with van der Waals surface area (Å²) in [5.74, 6) is 0.103. The number of nitrogens with zero attached hydrogens (tertiary/aromatic N) is 1. The zero-order chi connectivity index (χ0) is 11.4. The van der Waals surface area contributed by atoms with Gasteiger partial charge in [-0.3, -0.25) is 4.79 Å². The lowest BCUT2D eigenvalue weighted by Gasteiger charge is -2.28. The number of Topliss-reactive ketones (excluding diaryl/α,β-unsaturated/α-hetero) is 1. The molecule has 0 N–H and O–H groups in total. The molecular weight excluding hydrogens is 198 g/mol. The summed E-state index contributed by atoms with van der Waals surface area (Å²) in [6, 6.07) is 8.26. The summed E-state index contributed by atoms with van der Waals surface area (Å²) in [7, 11) is 0. The summed E-state index contributed by atoms with van der Waals surface area (Å²) in [5, 5.41) is 0. The maximum atomic E-state index is 10.9. The molecule has 85 valence electrons. The number of carbonyl (C=O) groups excluding carboxylic acids is 1. The number of piperidine rings is 1. The number of benzene rings is 1. The maximum Gasteiger partial charge on any atom is 0.138 e. The van der Waals surface area contributed by atoms with Crippen molar-refractivity contribution in [3.63, 3.8) is 0 Å². The van der Waals surface area contributed by atoms with Crippen molar-refractivity contribution in [1.82, 2.24) is 0 Å². The molecule has 0 spiro atoms. The van der Waals surface area contributed by atoms with Gasteiger partial charge in [0.15, 0.2) is 0 Å². The lowest BCUT2D eigenvalue weighted by molar-refractivity contribution is -0.113. The number of ketones is 1. The topological polar surface area (TPSA) is 20.3 Å². The van der Waals surface area contributed by atoms with Gasteiger partial charge in [0.2, 0.25) is 0 Å². The van der Waals surface area contributed by atoms with Crippen molar-refractivity contribution in [3.8, 4) is 0 Å². The van der Waals surface area contributed by atoms with Crippen molar-refractivity contribution in [1.29, 1.82) is 0 Å². The Morgan fingerprint density at radius 3 is 2.31 bits per heavy atom. The molecule has 0 bridgehead atoms. The van der Waals surface area contributed by atoms with Crippen LogP contribution in [0.4, 0.5) is 5.69 Å². The van der Waals surface area contributed by atoms with Crippen molar-refractivity contribution in [3.05, 3.63) is 36.2 Å². The van der Waals surface area contributed by atoms with Crippen molar-refractivity contribution in [2.45, 2.75) is 26.2 Å². The number of carbonyl (C=O) groups is 1. The maximum absolute atomic E-state index is 10.9. The molecule has 2 rings (SSSR count). The minimum absolute atomic E-state index is 0.103. The minimum atomic E-state index is 0.103. The Bertz CT molecular complexity index is 350. The van der Waals surface area contributed by atoms with E-state index in [0.717, 1.165) is 18.7 Å². The fourth-order valence-corrected chi connectivity index (χ4v) is 2.17. The molecule has 2 heteroatoms. The van der Waals surface area contributed by atoms with Gasteiger partial charge in [-0.1, -0.05) is 12.1 Å². The number of anilines is 1. The summed E-state index contributed by atoms with van der Waals surface area (Å²) in [6.45, 7) is 3.91. The molecule has 0 aliphatic carbocycles. The van der Waals surface area contributed by atoms with Crippen molar-refractivity contribution < 1.29 is 4.79 Å². The fraction of sp³-hybridized carbons (Fsp3) is 0.429. The molecule has 1 aliphatic heterocycles. The Labute approximate surface area is 97.3 Å². The van der Waals surface area contributed by atoms with E-state index in [-0.39, 0.29) is 5.78 Å². The second-order valence-corrected chi connectivity index (χ2v) is 4.39. The molecule has 1 radical (unpaired) electrons. The first kappa shape index (κ1) is 11.2. The molecule has 1 fully saturated rings. The molecule has 1 heterocycles. The van der Waals surface area contributed by atoms with E-state index in [0.29, 0.717) is 0 Å². The van der Waals surface area contributed by atoms with Gasteiger partial charge in [-0.15, -0.1) is 0 Å². The predicted octanol–water partition coefficient (Wildman–Crippen LogP) is 2.82. The van der Waals surface area contributed by atoms with Crippen LogP contribution in [0.25, 0.3) is 0 Å². The fourth-order valence-electron chi connectivity index (χ4n) is 2.17. The Balaban J connectivity index is 2.03. The van der Waals surface area contributed by atoms with Gasteiger partial charge in [0, 0.05) is 18.8 Å². The van der Waals surface area contributed by atoms with E-state index in [9.17, 15) is 4.79 Å². The lowest BCUT2D eigenvalue weighted by Crippen LogP contribution is -2.29. The van der Waals surface area contributed by atoms with Crippen LogP contribution in [0.15, 0.2) is 24.3 Å². The highest BCUT2D eigenvalue weighted by Gasteiger charge is 2.10. The Morgan fingerprint density at radius 1 is 1.12 bits per heavy atom. The first-order valence-electron chi connectivity index (χ1n) is 5.96. The molecule has 0 saturated carbocycles. The summed E-state index contributed by atoms with van der Waals surface area (Å²) in [5.41, 5.74) is 2.27. The van der Waals surface area contributed by atoms with Crippen LogP contribution in [0, 0.1) is 6.42 Å². The van der Waals surface area contributed by atoms with Gasteiger partial charge >= 0.3 is 0 Å². The van der Waals surface area contributed by atoms with E-state index in [1.54, 1.807) is 13.3 Å². The van der Waals surface area contributed by atoms with E-state index >= 15 is 0 Å². The third-order valence-corrected chi connectivity index (χ3v) is 2.98. The van der Waals surface area contributed by atoms with E-state index in [2.05, 4.69) is 17.0 Å². The molecule has 16 heavy (non-hydrogen) atoms. The van der Waals surface area contributed by atoms with E-state index in [4.69, 9.17) is 0 Å². The monoisotopic (exact) mass is 216 g/mol. The first-order valence-corrected chi connectivity index (χ1v) is 5.96. The van der Waals surface area contributed by atoms with Crippen molar-refractivity contribution in [2.75, 3.05) is 18.0 Å². The highest BCUT2D eigenvalue weighted by Crippen LogP contribution is 2.20. The molecule has 0 amide bonds. The smallest absolute Gasteiger partial charge is 0.138 e. The van der Waals surface area contributed by atoms with Crippen LogP contribution >= 0.6 is 0 Å². The van der Waals surface area contributed by atoms with Crippen LogP contribution in [-0.2, 0) is 4.79 Å². The van der Waals surface area contributed by atoms with Gasteiger partial charge < -0.3 is 4.90 Å². The highest BCUT2D eigenvalue weighted by molar-refractivity contribution is 5.88. The van der Waals surface area contributed by atoms with Crippen LogP contribution in [0.5, 0.6) is 0 Å². The normalized spacial score (nSPS) is 16.2. The number of hydrogen-bond donors (Lipinski definition) is 0. The molecule has 0 atom stereocenters. The average molecular weight is 216 g/mol. The highest BCUT2D eigenvalue weighted by atomic mass is 16.1. The first-order chi connectivity index (χ1) is 7.75. The summed E-state index contributed by atoms with van der Waals surface area (Å²) >= 11 is 0. The van der Waals surface area contributed by atoms with Crippen LogP contribution < -0.4 is 4.90 Å². The van der Waals surface area contributed by atoms with Gasteiger partial charge in [0.1, 0.15) is 5.78 Å². The van der Waals surface area contributed by atoms with Gasteiger partial charge in [-0.25, -0.2) is 0 Å². The minimum Gasteiger partial charge on any atom is -0.372 e. The predicted molar refractivity (Wildman–Crippen MR) is 66.6 cm³/mol. The van der Waals surface area contributed by atoms with E-state index in [1.165, 1.54) is 24.9 Å². The van der Waals surface area contributed by atoms with Crippen LogP contribution in [0.2, 0.25) is 0 Å². The van der Waals surface area contributed by atoms with E-state index < -0.39 is 0 Å². The Morgan fingerprint density at radius 2 is 1.75 bits per heavy atom. The summed E-state index contributed by atoms with van der Waals surface area (Å²) in [4.78, 5) is 13.4. The molecule has 1 aromatic rings. The second kappa shape index (κ2) is 5.15. The molecule has 0 unspecified atom stereocenters. The van der Waals surface area contributed by atoms with Gasteiger partial charge in [-0.2, -0.15) is 0 Å². The van der Waals surface area contributed by atoms with Gasteiger partial charge in [0.05, 0.1) is 6.42 Å². The average Bonchev–Trinajstić information content (AvgIpc) is 2.30. The van der Waals surface area contributed by atoms with Crippen LogP contribution in [0.3, 0.4) is 0 Å². The Kier molecular flexibility index (Phi) is 3.60. The third kappa shape index (κ3) is 2.84. The molecular formula is C14H18NO. The SMILES string of the molecule is CC(=O)[CH]c1ccc(N2CCCCC2)cc1. The molecule has 2 nitrogen and oxygen atoms in total. The summed E-state index contributed by atoms with van der Waals surface area (Å²) in [6.07, 6.45) is 5.61. The van der Waals surface area contributed by atoms with Gasteiger partial charge in [0.25, 0.3) is 0 Å². The van der Waals surface area contributed by atoms with Crippen molar-refractivity contribution >= 4 is 11.5 Å². The largest absolute Gasteiger partial charge is 0.372 e. The number of hydrogen-bond acceptors (Lipinski definition) is 2. The standard InChI is InChI=1S/C14H18NO/c1-12(16)11-13-5-7-14(8-6-13)15-9-3-2-4-10-15/h5-8,11H,2-4,9-10H2,1H3. The van der Waals surface area contributed by atoms with Crippen molar-refractivity contribution in [2.24, 2.45) is 0 Å².